The van der Waals surface area contributed by atoms with Gasteiger partial charge in [-0.1, -0.05) is 25.1 Å². The summed E-state index contributed by atoms with van der Waals surface area (Å²) in [5.74, 6) is 1.67. The van der Waals surface area contributed by atoms with E-state index in [0.717, 1.165) is 68.4 Å². The fourth-order valence-electron chi connectivity index (χ4n) is 4.39. The molecule has 0 amide bonds. The minimum atomic E-state index is -0.201. The standard InChI is InChI=1S/C25H34N4O2/c1-3-9-29(15-19-4-5-19)25-13-23(26-17-27-25)24(31)12-21-7-6-20(11-18(21)2)14-28-10-8-22(30)16-28/h6-7,11,13,17,19,22,30H,3-5,8-10,12,14-16H2,1-2H3. The molecule has 1 aromatic heterocycles. The summed E-state index contributed by atoms with van der Waals surface area (Å²) < 4.78 is 0. The molecule has 31 heavy (non-hydrogen) atoms. The average Bonchev–Trinajstić information content (AvgIpc) is 3.49. The minimum absolute atomic E-state index is 0.0324. The minimum Gasteiger partial charge on any atom is -0.392 e. The van der Waals surface area contributed by atoms with Crippen molar-refractivity contribution in [3.63, 3.8) is 0 Å². The molecule has 0 spiro atoms. The van der Waals surface area contributed by atoms with Crippen LogP contribution in [0, 0.1) is 12.8 Å². The third kappa shape index (κ3) is 5.89. The second-order valence-corrected chi connectivity index (χ2v) is 9.19. The Morgan fingerprint density at radius 2 is 2.06 bits per heavy atom. The summed E-state index contributed by atoms with van der Waals surface area (Å²) >= 11 is 0. The number of carbonyl (C=O) groups excluding carboxylic acids is 1. The molecule has 6 nitrogen and oxygen atoms in total. The summed E-state index contributed by atoms with van der Waals surface area (Å²) in [6, 6.07) is 8.19. The van der Waals surface area contributed by atoms with Gasteiger partial charge >= 0.3 is 0 Å². The number of hydrogen-bond donors (Lipinski definition) is 1. The topological polar surface area (TPSA) is 69.6 Å². The molecule has 1 aliphatic carbocycles. The van der Waals surface area contributed by atoms with Gasteiger partial charge in [-0.2, -0.15) is 0 Å². The summed E-state index contributed by atoms with van der Waals surface area (Å²) in [4.78, 5) is 26.3. The van der Waals surface area contributed by atoms with Gasteiger partial charge in [0.1, 0.15) is 17.8 Å². The number of aromatic nitrogens is 2. The molecule has 2 heterocycles. The fourth-order valence-corrected chi connectivity index (χ4v) is 4.39. The average molecular weight is 423 g/mol. The molecule has 1 atom stereocenters. The van der Waals surface area contributed by atoms with Crippen molar-refractivity contribution in [1.29, 1.82) is 0 Å². The highest BCUT2D eigenvalue weighted by Gasteiger charge is 2.25. The fraction of sp³-hybridized carbons (Fsp3) is 0.560. The monoisotopic (exact) mass is 422 g/mol. The van der Waals surface area contributed by atoms with Crippen LogP contribution >= 0.6 is 0 Å². The summed E-state index contributed by atoms with van der Waals surface area (Å²) in [7, 11) is 0. The van der Waals surface area contributed by atoms with Gasteiger partial charge in [0.25, 0.3) is 0 Å². The van der Waals surface area contributed by atoms with Crippen LogP contribution in [-0.4, -0.2) is 58.0 Å². The van der Waals surface area contributed by atoms with Crippen molar-refractivity contribution in [1.82, 2.24) is 14.9 Å². The summed E-state index contributed by atoms with van der Waals surface area (Å²) in [5.41, 5.74) is 3.89. The largest absolute Gasteiger partial charge is 0.392 e. The van der Waals surface area contributed by atoms with Gasteiger partial charge < -0.3 is 10.0 Å². The van der Waals surface area contributed by atoms with Crippen LogP contribution in [-0.2, 0) is 13.0 Å². The van der Waals surface area contributed by atoms with Crippen LogP contribution in [0.2, 0.25) is 0 Å². The molecule has 166 valence electrons. The number of β-amino-alcohol motifs (C(OH)–C–C–N with tert-alkyl or cyclic N) is 1. The molecular weight excluding hydrogens is 388 g/mol. The molecule has 1 saturated carbocycles. The van der Waals surface area contributed by atoms with Crippen molar-refractivity contribution in [2.75, 3.05) is 31.1 Å². The maximum absolute atomic E-state index is 13.0. The number of ketones is 1. The van der Waals surface area contributed by atoms with Gasteiger partial charge in [0, 0.05) is 45.2 Å². The first-order chi connectivity index (χ1) is 15.0. The molecular formula is C25H34N4O2. The first-order valence-corrected chi connectivity index (χ1v) is 11.6. The van der Waals surface area contributed by atoms with E-state index in [1.165, 1.54) is 24.7 Å². The van der Waals surface area contributed by atoms with Crippen LogP contribution in [0.4, 0.5) is 5.82 Å². The number of aliphatic hydroxyl groups is 1. The predicted molar refractivity (Wildman–Crippen MR) is 122 cm³/mol. The Balaban J connectivity index is 1.41. The molecule has 1 aromatic carbocycles. The second-order valence-electron chi connectivity index (χ2n) is 9.19. The van der Waals surface area contributed by atoms with Gasteiger partial charge in [-0.25, -0.2) is 9.97 Å². The highest BCUT2D eigenvalue weighted by molar-refractivity contribution is 5.96. The van der Waals surface area contributed by atoms with E-state index in [2.05, 4.69) is 51.8 Å². The molecule has 2 aliphatic rings. The van der Waals surface area contributed by atoms with Crippen molar-refractivity contribution < 1.29 is 9.90 Å². The van der Waals surface area contributed by atoms with Gasteiger partial charge in [-0.3, -0.25) is 9.69 Å². The highest BCUT2D eigenvalue weighted by Crippen LogP contribution is 2.31. The van der Waals surface area contributed by atoms with Crippen molar-refractivity contribution >= 4 is 11.6 Å². The first kappa shape index (κ1) is 21.9. The van der Waals surface area contributed by atoms with Crippen LogP contribution in [0.5, 0.6) is 0 Å². The third-order valence-electron chi connectivity index (χ3n) is 6.34. The number of rotatable bonds is 10. The van der Waals surface area contributed by atoms with Crippen molar-refractivity contribution in [2.45, 2.75) is 58.6 Å². The molecule has 1 unspecified atom stereocenters. The normalized spacial score (nSPS) is 19.0. The molecule has 2 aromatic rings. The van der Waals surface area contributed by atoms with Gasteiger partial charge in [-0.05, 0) is 55.2 Å². The van der Waals surface area contributed by atoms with Crippen molar-refractivity contribution in [3.8, 4) is 0 Å². The number of anilines is 1. The van der Waals surface area contributed by atoms with Gasteiger partial charge in [0.15, 0.2) is 5.78 Å². The zero-order valence-electron chi connectivity index (χ0n) is 18.8. The van der Waals surface area contributed by atoms with Gasteiger partial charge in [0.2, 0.25) is 0 Å². The van der Waals surface area contributed by atoms with Crippen LogP contribution in [0.1, 0.15) is 59.8 Å². The van der Waals surface area contributed by atoms with Crippen LogP contribution in [0.25, 0.3) is 0 Å². The Morgan fingerprint density at radius 3 is 2.74 bits per heavy atom. The smallest absolute Gasteiger partial charge is 0.185 e. The van der Waals surface area contributed by atoms with E-state index in [1.807, 2.05) is 6.07 Å². The van der Waals surface area contributed by atoms with E-state index >= 15 is 0 Å². The number of nitrogens with zero attached hydrogens (tertiary/aromatic N) is 4. The summed E-state index contributed by atoms with van der Waals surface area (Å²) in [6.07, 6.45) is 6.17. The van der Waals surface area contributed by atoms with E-state index in [1.54, 1.807) is 0 Å². The molecule has 2 fully saturated rings. The third-order valence-corrected chi connectivity index (χ3v) is 6.34. The molecule has 1 N–H and O–H groups in total. The Hall–Kier alpha value is -2.31. The lowest BCUT2D eigenvalue weighted by atomic mass is 9.99. The van der Waals surface area contributed by atoms with Crippen LogP contribution < -0.4 is 4.90 Å². The molecule has 1 aliphatic heterocycles. The number of benzene rings is 1. The SMILES string of the molecule is CCCN(CC1CC1)c1cc(C(=O)Cc2ccc(CN3CCC(O)C3)cc2C)ncn1. The van der Waals surface area contributed by atoms with Crippen LogP contribution in [0.3, 0.4) is 0 Å². The lowest BCUT2D eigenvalue weighted by Gasteiger charge is -2.23. The molecule has 0 bridgehead atoms. The molecule has 6 heteroatoms. The van der Waals surface area contributed by atoms with Gasteiger partial charge in [0.05, 0.1) is 6.10 Å². The Bertz CT molecular complexity index is 912. The van der Waals surface area contributed by atoms with Crippen molar-refractivity contribution in [3.05, 3.63) is 53.0 Å². The number of hydrogen-bond acceptors (Lipinski definition) is 6. The predicted octanol–water partition coefficient (Wildman–Crippen LogP) is 3.40. The lowest BCUT2D eigenvalue weighted by molar-refractivity contribution is 0.0988. The number of Topliss-reactive ketones (excluding diaryl/α,β-unsaturated/α-hetero) is 1. The zero-order chi connectivity index (χ0) is 21.8. The maximum Gasteiger partial charge on any atom is 0.185 e. The quantitative estimate of drug-likeness (QED) is 0.592. The Kier molecular flexibility index (Phi) is 6.98. The van der Waals surface area contributed by atoms with Gasteiger partial charge in [-0.15, -0.1) is 0 Å². The van der Waals surface area contributed by atoms with E-state index in [-0.39, 0.29) is 11.9 Å². The van der Waals surface area contributed by atoms with E-state index < -0.39 is 0 Å². The number of aryl methyl sites for hydroxylation is 1. The second kappa shape index (κ2) is 9.88. The number of aliphatic hydroxyl groups excluding tert-OH is 1. The van der Waals surface area contributed by atoms with Crippen LogP contribution in [0.15, 0.2) is 30.6 Å². The maximum atomic E-state index is 13.0. The summed E-state index contributed by atoms with van der Waals surface area (Å²) in [6.45, 7) is 8.73. The lowest BCUT2D eigenvalue weighted by Crippen LogP contribution is -2.27. The molecule has 0 radical (unpaired) electrons. The van der Waals surface area contributed by atoms with E-state index in [4.69, 9.17) is 0 Å². The summed E-state index contributed by atoms with van der Waals surface area (Å²) in [5, 5.41) is 9.72. The zero-order valence-corrected chi connectivity index (χ0v) is 18.8. The first-order valence-electron chi connectivity index (χ1n) is 11.6. The molecule has 4 rings (SSSR count). The Morgan fingerprint density at radius 1 is 1.23 bits per heavy atom. The van der Waals surface area contributed by atoms with E-state index in [9.17, 15) is 9.90 Å². The number of likely N-dealkylation sites (tertiary alicyclic amines) is 1. The Labute approximate surface area is 185 Å². The number of carbonyl (C=O) groups is 1. The molecule has 1 saturated heterocycles. The van der Waals surface area contributed by atoms with E-state index in [0.29, 0.717) is 12.1 Å². The van der Waals surface area contributed by atoms with Crippen molar-refractivity contribution in [2.24, 2.45) is 5.92 Å². The highest BCUT2D eigenvalue weighted by atomic mass is 16.3.